The number of rotatable bonds is 5. The first-order chi connectivity index (χ1) is 15.2. The third kappa shape index (κ3) is 5.23. The largest absolute Gasteiger partial charge is 0.451 e. The lowest BCUT2D eigenvalue weighted by Gasteiger charge is -2.09. The van der Waals surface area contributed by atoms with Gasteiger partial charge in [-0.3, -0.25) is 10.1 Å². The van der Waals surface area contributed by atoms with Crippen LogP contribution in [-0.4, -0.2) is 10.9 Å². The third-order valence-corrected chi connectivity index (χ3v) is 6.22. The molecule has 32 heavy (non-hydrogen) atoms. The van der Waals surface area contributed by atoms with E-state index in [1.165, 1.54) is 29.5 Å². The SMILES string of the molecule is O=C(Nc1ncc(Cc2ccc(Br)cc2)s1)c1ccc(-c2ccc(Cl)c(C(F)(F)F)c2)o1. The van der Waals surface area contributed by atoms with Gasteiger partial charge in [0.2, 0.25) is 0 Å². The lowest BCUT2D eigenvalue weighted by atomic mass is 10.1. The fourth-order valence-corrected chi connectivity index (χ4v) is 4.25. The molecule has 0 atom stereocenters. The molecule has 0 spiro atoms. The Bertz CT molecular complexity index is 1270. The highest BCUT2D eigenvalue weighted by Crippen LogP contribution is 2.37. The minimum absolute atomic E-state index is 0.0480. The molecule has 0 aliphatic heterocycles. The lowest BCUT2D eigenvalue weighted by molar-refractivity contribution is -0.137. The summed E-state index contributed by atoms with van der Waals surface area (Å²) in [6.45, 7) is 0. The summed E-state index contributed by atoms with van der Waals surface area (Å²) >= 11 is 10.4. The number of benzene rings is 2. The van der Waals surface area contributed by atoms with E-state index < -0.39 is 22.7 Å². The average Bonchev–Trinajstić information content (AvgIpc) is 3.39. The Balaban J connectivity index is 1.46. The molecule has 2 aromatic heterocycles. The molecule has 164 valence electrons. The van der Waals surface area contributed by atoms with Gasteiger partial charge >= 0.3 is 6.18 Å². The minimum atomic E-state index is -4.60. The van der Waals surface area contributed by atoms with Crippen molar-refractivity contribution in [3.8, 4) is 11.3 Å². The molecule has 4 nitrogen and oxygen atoms in total. The topological polar surface area (TPSA) is 55.1 Å². The molecule has 0 bridgehead atoms. The zero-order valence-electron chi connectivity index (χ0n) is 16.0. The zero-order valence-corrected chi connectivity index (χ0v) is 19.2. The fourth-order valence-electron chi connectivity index (χ4n) is 2.92. The van der Waals surface area contributed by atoms with Gasteiger partial charge in [0.1, 0.15) is 5.76 Å². The second-order valence-corrected chi connectivity index (χ2v) is 9.18. The highest BCUT2D eigenvalue weighted by atomic mass is 79.9. The Labute approximate surface area is 198 Å². The Kier molecular flexibility index (Phi) is 6.41. The van der Waals surface area contributed by atoms with Gasteiger partial charge in [0.05, 0.1) is 10.6 Å². The first-order valence-electron chi connectivity index (χ1n) is 9.16. The number of thiazole rings is 1. The number of hydrogen-bond acceptors (Lipinski definition) is 4. The van der Waals surface area contributed by atoms with Crippen LogP contribution in [0, 0.1) is 0 Å². The predicted molar refractivity (Wildman–Crippen MR) is 121 cm³/mol. The maximum absolute atomic E-state index is 13.1. The van der Waals surface area contributed by atoms with E-state index in [0.29, 0.717) is 11.6 Å². The first kappa shape index (κ1) is 22.6. The second kappa shape index (κ2) is 9.09. The van der Waals surface area contributed by atoms with Gasteiger partial charge in [-0.15, -0.1) is 11.3 Å². The van der Waals surface area contributed by atoms with E-state index in [1.54, 1.807) is 6.20 Å². The zero-order chi connectivity index (χ0) is 22.9. The van der Waals surface area contributed by atoms with Crippen molar-refractivity contribution in [2.75, 3.05) is 5.32 Å². The Morgan fingerprint density at radius 3 is 2.59 bits per heavy atom. The van der Waals surface area contributed by atoms with Crippen LogP contribution >= 0.6 is 38.9 Å². The summed E-state index contributed by atoms with van der Waals surface area (Å²) in [6.07, 6.45) is -2.25. The summed E-state index contributed by atoms with van der Waals surface area (Å²) in [6, 6.07) is 14.1. The Morgan fingerprint density at radius 2 is 1.88 bits per heavy atom. The molecule has 2 heterocycles. The molecular formula is C22H13BrClF3N2O2S. The fraction of sp³-hybridized carbons (Fsp3) is 0.0909. The molecule has 4 rings (SSSR count). The number of nitrogens with zero attached hydrogens (tertiary/aromatic N) is 1. The van der Waals surface area contributed by atoms with E-state index in [9.17, 15) is 18.0 Å². The van der Waals surface area contributed by atoms with Crippen LogP contribution in [0.25, 0.3) is 11.3 Å². The van der Waals surface area contributed by atoms with Crippen LogP contribution in [0.5, 0.6) is 0 Å². The van der Waals surface area contributed by atoms with Gasteiger partial charge in [-0.2, -0.15) is 13.2 Å². The van der Waals surface area contributed by atoms with Gasteiger partial charge in [0.25, 0.3) is 5.91 Å². The molecule has 10 heteroatoms. The van der Waals surface area contributed by atoms with E-state index in [0.717, 1.165) is 27.0 Å². The van der Waals surface area contributed by atoms with E-state index in [-0.39, 0.29) is 17.1 Å². The molecule has 0 fully saturated rings. The number of hydrogen-bond donors (Lipinski definition) is 1. The summed E-state index contributed by atoms with van der Waals surface area (Å²) in [5.41, 5.74) is 0.290. The molecule has 0 aliphatic carbocycles. The summed E-state index contributed by atoms with van der Waals surface area (Å²) in [5, 5.41) is 2.63. The first-order valence-corrected chi connectivity index (χ1v) is 11.2. The van der Waals surface area contributed by atoms with Crippen LogP contribution in [-0.2, 0) is 12.6 Å². The molecule has 2 aromatic carbocycles. The van der Waals surface area contributed by atoms with Gasteiger partial charge in [-0.1, -0.05) is 39.7 Å². The Morgan fingerprint density at radius 1 is 1.12 bits per heavy atom. The summed E-state index contributed by atoms with van der Waals surface area (Å²) in [5.74, 6) is -0.480. The van der Waals surface area contributed by atoms with E-state index in [4.69, 9.17) is 16.0 Å². The summed E-state index contributed by atoms with van der Waals surface area (Å²) < 4.78 is 45.7. The van der Waals surface area contributed by atoms with E-state index >= 15 is 0 Å². The number of anilines is 1. The number of carbonyl (C=O) groups excluding carboxylic acids is 1. The van der Waals surface area contributed by atoms with Crippen molar-refractivity contribution in [1.29, 1.82) is 0 Å². The molecular weight excluding hydrogens is 529 g/mol. The molecule has 0 unspecified atom stereocenters. The highest BCUT2D eigenvalue weighted by Gasteiger charge is 2.33. The molecule has 4 aromatic rings. The van der Waals surface area contributed by atoms with E-state index in [2.05, 4.69) is 26.2 Å². The molecule has 1 N–H and O–H groups in total. The van der Waals surface area contributed by atoms with Crippen LogP contribution in [0.2, 0.25) is 5.02 Å². The minimum Gasteiger partial charge on any atom is -0.451 e. The van der Waals surface area contributed by atoms with Gasteiger partial charge in [0.15, 0.2) is 10.9 Å². The second-order valence-electron chi connectivity index (χ2n) is 6.75. The molecule has 0 aliphatic rings. The molecule has 0 saturated carbocycles. The number of alkyl halides is 3. The summed E-state index contributed by atoms with van der Waals surface area (Å²) in [7, 11) is 0. The van der Waals surface area contributed by atoms with Gasteiger partial charge < -0.3 is 4.42 Å². The van der Waals surface area contributed by atoms with Crippen molar-refractivity contribution >= 4 is 49.9 Å². The number of carbonyl (C=O) groups is 1. The maximum Gasteiger partial charge on any atom is 0.417 e. The number of aromatic nitrogens is 1. The molecule has 1 amide bonds. The molecule has 0 radical (unpaired) electrons. The highest BCUT2D eigenvalue weighted by molar-refractivity contribution is 9.10. The number of nitrogens with one attached hydrogen (secondary N) is 1. The van der Waals surface area contributed by atoms with Gasteiger partial charge in [-0.25, -0.2) is 4.98 Å². The van der Waals surface area contributed by atoms with Crippen molar-refractivity contribution in [2.24, 2.45) is 0 Å². The third-order valence-electron chi connectivity index (χ3n) is 4.45. The normalized spacial score (nSPS) is 11.5. The van der Waals surface area contributed by atoms with Crippen LogP contribution in [0.15, 0.2) is 69.7 Å². The summed E-state index contributed by atoms with van der Waals surface area (Å²) in [4.78, 5) is 17.7. The van der Waals surface area contributed by atoms with Crippen molar-refractivity contribution in [1.82, 2.24) is 4.98 Å². The van der Waals surface area contributed by atoms with Crippen LogP contribution < -0.4 is 5.32 Å². The predicted octanol–water partition coefficient (Wildman–Crippen LogP) is 7.68. The average molecular weight is 542 g/mol. The van der Waals surface area contributed by atoms with Crippen LogP contribution in [0.4, 0.5) is 18.3 Å². The van der Waals surface area contributed by atoms with Crippen LogP contribution in [0.3, 0.4) is 0 Å². The maximum atomic E-state index is 13.1. The number of halogens is 5. The van der Waals surface area contributed by atoms with Crippen molar-refractivity contribution in [3.63, 3.8) is 0 Å². The number of furan rings is 1. The Hall–Kier alpha value is -2.62. The van der Waals surface area contributed by atoms with Crippen molar-refractivity contribution < 1.29 is 22.4 Å². The van der Waals surface area contributed by atoms with Crippen molar-refractivity contribution in [3.05, 3.63) is 92.1 Å². The smallest absolute Gasteiger partial charge is 0.417 e. The standard InChI is InChI=1S/C22H13BrClF3N2O2S/c23-14-4-1-12(2-5-14)9-15-11-28-21(32-15)29-20(30)19-8-7-18(31-19)13-3-6-17(24)16(10-13)22(25,26)27/h1-8,10-11H,9H2,(H,28,29,30). The monoisotopic (exact) mass is 540 g/mol. The van der Waals surface area contributed by atoms with E-state index in [1.807, 2.05) is 24.3 Å². The quantitative estimate of drug-likeness (QED) is 0.282. The van der Waals surface area contributed by atoms with Gasteiger partial charge in [0, 0.05) is 27.5 Å². The van der Waals surface area contributed by atoms with Crippen molar-refractivity contribution in [2.45, 2.75) is 12.6 Å². The number of amides is 1. The van der Waals surface area contributed by atoms with Gasteiger partial charge in [-0.05, 0) is 48.0 Å². The molecule has 0 saturated heterocycles. The van der Waals surface area contributed by atoms with Crippen LogP contribution in [0.1, 0.15) is 26.6 Å². The lowest BCUT2D eigenvalue weighted by Crippen LogP contribution is -2.10.